The number of pyridine rings is 1. The molecule has 0 spiro atoms. The summed E-state index contributed by atoms with van der Waals surface area (Å²) in [6.45, 7) is 0.792. The molecule has 3 aliphatic heterocycles. The van der Waals surface area contributed by atoms with E-state index >= 15 is 0 Å². The van der Waals surface area contributed by atoms with Crippen LogP contribution in [0.5, 0.6) is 0 Å². The molecule has 3 heterocycles. The first-order chi connectivity index (χ1) is 9.24. The zero-order valence-corrected chi connectivity index (χ0v) is 10.1. The Bertz CT molecular complexity index is 891. The van der Waals surface area contributed by atoms with Crippen LogP contribution in [0.2, 0.25) is 0 Å². The summed E-state index contributed by atoms with van der Waals surface area (Å²) in [6, 6.07) is 7.91. The molecule has 0 saturated heterocycles. The Morgan fingerprint density at radius 1 is 1.26 bits per heavy atom. The number of aryl methyl sites for hydroxylation is 2. The first-order valence-corrected chi connectivity index (χ1v) is 6.29. The monoisotopic (exact) mass is 253 g/mol. The number of aromatic nitrogens is 3. The second-order valence-corrected chi connectivity index (χ2v) is 4.86. The lowest BCUT2D eigenvalue weighted by Gasteiger charge is -2.23. The normalized spacial score (nSPS) is 14.1. The fourth-order valence-corrected chi connectivity index (χ4v) is 2.95. The second-order valence-electron chi connectivity index (χ2n) is 4.86. The van der Waals surface area contributed by atoms with Crippen LogP contribution in [-0.4, -0.2) is 14.5 Å². The molecule has 94 valence electrons. The van der Waals surface area contributed by atoms with Gasteiger partial charge < -0.3 is 4.57 Å². The molecule has 5 heteroatoms. The van der Waals surface area contributed by atoms with Crippen molar-refractivity contribution in [1.82, 2.24) is 14.5 Å². The van der Waals surface area contributed by atoms with E-state index in [0.717, 1.165) is 30.3 Å². The van der Waals surface area contributed by atoms with Crippen molar-refractivity contribution in [3.8, 4) is 11.4 Å². The van der Waals surface area contributed by atoms with Gasteiger partial charge in [-0.3, -0.25) is 9.78 Å². The fraction of sp³-hybridized carbons (Fsp3) is 0.214. The lowest BCUT2D eigenvalue weighted by Crippen LogP contribution is -2.28. The highest BCUT2D eigenvalue weighted by Gasteiger charge is 2.20. The first kappa shape index (κ1) is 10.5. The quantitative estimate of drug-likeness (QED) is 0.611. The molecule has 0 bridgehead atoms. The molecule has 1 aromatic carbocycles. The summed E-state index contributed by atoms with van der Waals surface area (Å²) in [6.07, 6.45) is 2.02. The Morgan fingerprint density at radius 2 is 2.16 bits per heavy atom. The number of fused-ring (bicyclic) bond motifs is 2. The number of para-hydroxylation sites is 1. The Morgan fingerprint density at radius 3 is 3.05 bits per heavy atom. The summed E-state index contributed by atoms with van der Waals surface area (Å²) < 4.78 is 2.00. The minimum absolute atomic E-state index is 0.364. The average molecular weight is 253 g/mol. The van der Waals surface area contributed by atoms with E-state index in [1.54, 1.807) is 0 Å². The molecule has 0 atom stereocenters. The van der Waals surface area contributed by atoms with Crippen molar-refractivity contribution in [3.63, 3.8) is 0 Å². The third kappa shape index (κ3) is 1.38. The lowest BCUT2D eigenvalue weighted by atomic mass is 9.99. The molecule has 1 N–H and O–H groups in total. The molecule has 0 saturated carbocycles. The molecule has 3 aliphatic rings. The topological polar surface area (TPSA) is 67.8 Å². The van der Waals surface area contributed by atoms with Crippen molar-refractivity contribution < 1.29 is 0 Å². The number of benzene rings is 1. The average Bonchev–Trinajstić information content (AvgIpc) is 2.41. The van der Waals surface area contributed by atoms with Crippen LogP contribution in [0, 0.1) is 0 Å². The van der Waals surface area contributed by atoms with Gasteiger partial charge in [0, 0.05) is 6.54 Å². The van der Waals surface area contributed by atoms with Crippen LogP contribution in [0.25, 0.3) is 22.3 Å². The van der Waals surface area contributed by atoms with E-state index < -0.39 is 5.69 Å². The van der Waals surface area contributed by atoms with E-state index in [0.29, 0.717) is 11.4 Å². The lowest BCUT2D eigenvalue weighted by molar-refractivity contribution is 0.626. The summed E-state index contributed by atoms with van der Waals surface area (Å²) >= 11 is 0. The van der Waals surface area contributed by atoms with Crippen LogP contribution in [-0.2, 0) is 13.0 Å². The van der Waals surface area contributed by atoms with Gasteiger partial charge in [0.2, 0.25) is 0 Å². The number of H-pyrrole nitrogens is 1. The highest BCUT2D eigenvalue weighted by molar-refractivity contribution is 5.88. The third-order valence-electron chi connectivity index (χ3n) is 3.72. The van der Waals surface area contributed by atoms with Gasteiger partial charge in [-0.25, -0.2) is 4.79 Å². The van der Waals surface area contributed by atoms with Crippen LogP contribution >= 0.6 is 0 Å². The number of rotatable bonds is 0. The molecule has 0 radical (unpaired) electrons. The van der Waals surface area contributed by atoms with Gasteiger partial charge in [0.15, 0.2) is 5.82 Å². The van der Waals surface area contributed by atoms with Gasteiger partial charge in [0.05, 0.1) is 11.1 Å². The number of hydrogen-bond acceptors (Lipinski definition) is 3. The van der Waals surface area contributed by atoms with Crippen LogP contribution < -0.4 is 11.2 Å². The molecule has 5 nitrogen and oxygen atoms in total. The van der Waals surface area contributed by atoms with Gasteiger partial charge in [0.25, 0.3) is 5.56 Å². The van der Waals surface area contributed by atoms with E-state index in [4.69, 9.17) is 0 Å². The summed E-state index contributed by atoms with van der Waals surface area (Å²) in [5, 5.41) is 1.02. The maximum absolute atomic E-state index is 11.9. The maximum Gasteiger partial charge on any atom is 0.349 e. The van der Waals surface area contributed by atoms with Gasteiger partial charge in [-0.2, -0.15) is 4.98 Å². The SMILES string of the molecule is O=c1nc2n3c4c(cccc4cc-2c(=O)[nH]1)CCC3. The van der Waals surface area contributed by atoms with Crippen LogP contribution in [0.15, 0.2) is 33.9 Å². The molecule has 0 aromatic heterocycles. The van der Waals surface area contributed by atoms with E-state index in [1.165, 1.54) is 5.56 Å². The number of aromatic amines is 1. The van der Waals surface area contributed by atoms with E-state index in [-0.39, 0.29) is 5.56 Å². The Kier molecular flexibility index (Phi) is 1.95. The molecule has 0 unspecified atom stereocenters. The zero-order valence-electron chi connectivity index (χ0n) is 10.1. The fourth-order valence-electron chi connectivity index (χ4n) is 2.95. The molecule has 1 aromatic rings. The Balaban J connectivity index is 2.32. The van der Waals surface area contributed by atoms with Gasteiger partial charge in [-0.1, -0.05) is 18.2 Å². The summed E-state index contributed by atoms with van der Waals surface area (Å²) in [5.41, 5.74) is 1.88. The second kappa shape index (κ2) is 3.54. The van der Waals surface area contributed by atoms with Crippen molar-refractivity contribution in [2.75, 3.05) is 0 Å². The van der Waals surface area contributed by atoms with Gasteiger partial charge in [0.1, 0.15) is 0 Å². The Labute approximate surface area is 107 Å². The molecule has 0 fully saturated rings. The van der Waals surface area contributed by atoms with Crippen LogP contribution in [0.3, 0.4) is 0 Å². The number of nitrogens with zero attached hydrogens (tertiary/aromatic N) is 2. The Hall–Kier alpha value is -2.43. The van der Waals surface area contributed by atoms with Crippen molar-refractivity contribution >= 4 is 10.9 Å². The number of hydrogen-bond donors (Lipinski definition) is 1. The van der Waals surface area contributed by atoms with E-state index in [2.05, 4.69) is 16.0 Å². The van der Waals surface area contributed by atoms with Gasteiger partial charge in [-0.15, -0.1) is 0 Å². The molecule has 0 amide bonds. The van der Waals surface area contributed by atoms with Crippen molar-refractivity contribution in [2.45, 2.75) is 19.4 Å². The van der Waals surface area contributed by atoms with Gasteiger partial charge >= 0.3 is 5.69 Å². The van der Waals surface area contributed by atoms with Crippen molar-refractivity contribution in [1.29, 1.82) is 0 Å². The number of nitrogens with one attached hydrogen (secondary N) is 1. The van der Waals surface area contributed by atoms with Gasteiger partial charge in [-0.05, 0) is 29.9 Å². The highest BCUT2D eigenvalue weighted by atomic mass is 16.2. The minimum Gasteiger partial charge on any atom is -0.325 e. The van der Waals surface area contributed by atoms with Crippen LogP contribution in [0.1, 0.15) is 12.0 Å². The summed E-state index contributed by atoms with van der Waals surface area (Å²) in [4.78, 5) is 29.5. The van der Waals surface area contributed by atoms with Crippen molar-refractivity contribution in [2.24, 2.45) is 0 Å². The molecule has 19 heavy (non-hydrogen) atoms. The third-order valence-corrected chi connectivity index (χ3v) is 3.72. The molecule has 4 rings (SSSR count). The van der Waals surface area contributed by atoms with E-state index in [1.807, 2.05) is 22.8 Å². The first-order valence-electron chi connectivity index (χ1n) is 6.29. The molecular weight excluding hydrogens is 242 g/mol. The largest absolute Gasteiger partial charge is 0.349 e. The predicted molar refractivity (Wildman–Crippen MR) is 71.6 cm³/mol. The smallest absolute Gasteiger partial charge is 0.325 e. The maximum atomic E-state index is 11.9. The summed E-state index contributed by atoms with van der Waals surface area (Å²) in [5.74, 6) is 0.494. The van der Waals surface area contributed by atoms with E-state index in [9.17, 15) is 9.59 Å². The predicted octanol–water partition coefficient (Wildman–Crippen LogP) is 1.14. The minimum atomic E-state index is -0.580. The molecule has 0 aliphatic carbocycles. The molecular formula is C14H11N3O2. The highest BCUT2D eigenvalue weighted by Crippen LogP contribution is 2.30. The summed E-state index contributed by atoms with van der Waals surface area (Å²) in [7, 11) is 0. The zero-order chi connectivity index (χ0) is 13.0. The van der Waals surface area contributed by atoms with Crippen LogP contribution in [0.4, 0.5) is 0 Å². The van der Waals surface area contributed by atoms with Crippen molar-refractivity contribution in [3.05, 3.63) is 50.7 Å². The standard InChI is InChI=1S/C14H11N3O2/c18-13-10-7-9-4-1-3-8-5-2-6-17(11(8)9)12(10)15-14(19)16-13/h1,3-4,7H,2,5-6H2,(H,16,18,19).